The van der Waals surface area contributed by atoms with Gasteiger partial charge in [0.2, 0.25) is 0 Å². The minimum absolute atomic E-state index is 0.374. The Morgan fingerprint density at radius 2 is 2.31 bits per heavy atom. The third-order valence-electron chi connectivity index (χ3n) is 3.21. The minimum atomic E-state index is 0.374. The predicted molar refractivity (Wildman–Crippen MR) is 66.7 cm³/mol. The van der Waals surface area contributed by atoms with Crippen molar-refractivity contribution >= 4 is 11.6 Å². The Morgan fingerprint density at radius 1 is 1.44 bits per heavy atom. The molecule has 2 atom stereocenters. The van der Waals surface area contributed by atoms with E-state index in [1.165, 1.54) is 24.8 Å². The summed E-state index contributed by atoms with van der Waals surface area (Å²) < 4.78 is 5.45. The molecule has 2 unspecified atom stereocenters. The second-order valence-corrected chi connectivity index (χ2v) is 4.76. The van der Waals surface area contributed by atoms with Gasteiger partial charge in [-0.25, -0.2) is 0 Å². The van der Waals surface area contributed by atoms with Gasteiger partial charge in [-0.2, -0.15) is 0 Å². The van der Waals surface area contributed by atoms with Gasteiger partial charge in [0.15, 0.2) is 0 Å². The van der Waals surface area contributed by atoms with Gasteiger partial charge < -0.3 is 10.1 Å². The Balaban J connectivity index is 1.87. The van der Waals surface area contributed by atoms with Crippen LogP contribution in [0.1, 0.15) is 24.8 Å². The molecule has 1 fully saturated rings. The number of methoxy groups -OCH3 is 1. The van der Waals surface area contributed by atoms with Crippen molar-refractivity contribution in [3.63, 3.8) is 0 Å². The maximum Gasteiger partial charge on any atom is 0.0724 e. The van der Waals surface area contributed by atoms with Crippen molar-refractivity contribution in [2.24, 2.45) is 0 Å². The van der Waals surface area contributed by atoms with Crippen molar-refractivity contribution in [3.8, 4) is 0 Å². The van der Waals surface area contributed by atoms with Gasteiger partial charge >= 0.3 is 0 Å². The summed E-state index contributed by atoms with van der Waals surface area (Å²) in [6.07, 6.45) is 4.01. The Kier molecular flexibility index (Phi) is 4.22. The van der Waals surface area contributed by atoms with Crippen molar-refractivity contribution < 1.29 is 4.74 Å². The Hall–Kier alpha value is -0.570. The molecule has 2 nitrogen and oxygen atoms in total. The number of benzene rings is 1. The van der Waals surface area contributed by atoms with Crippen molar-refractivity contribution in [2.75, 3.05) is 7.11 Å². The maximum absolute atomic E-state index is 5.94. The van der Waals surface area contributed by atoms with Crippen LogP contribution < -0.4 is 5.32 Å². The van der Waals surface area contributed by atoms with Gasteiger partial charge in [0.25, 0.3) is 0 Å². The molecule has 0 heterocycles. The second-order valence-electron chi connectivity index (χ2n) is 4.32. The normalized spacial score (nSPS) is 24.9. The highest BCUT2D eigenvalue weighted by Crippen LogP contribution is 2.22. The zero-order valence-corrected chi connectivity index (χ0v) is 10.3. The highest BCUT2D eigenvalue weighted by atomic mass is 35.5. The van der Waals surface area contributed by atoms with E-state index in [-0.39, 0.29) is 0 Å². The largest absolute Gasteiger partial charge is 0.380 e. The van der Waals surface area contributed by atoms with Crippen LogP contribution in [-0.4, -0.2) is 19.3 Å². The quantitative estimate of drug-likeness (QED) is 0.872. The van der Waals surface area contributed by atoms with Gasteiger partial charge in [-0.15, -0.1) is 0 Å². The average molecular weight is 240 g/mol. The summed E-state index contributed by atoms with van der Waals surface area (Å²) in [5.41, 5.74) is 1.23. The summed E-state index contributed by atoms with van der Waals surface area (Å²) in [4.78, 5) is 0. The van der Waals surface area contributed by atoms with Crippen molar-refractivity contribution in [1.29, 1.82) is 0 Å². The summed E-state index contributed by atoms with van der Waals surface area (Å²) in [5.74, 6) is 0. The van der Waals surface area contributed by atoms with E-state index in [1.807, 2.05) is 18.2 Å². The van der Waals surface area contributed by atoms with E-state index in [2.05, 4.69) is 11.4 Å². The molecule has 0 amide bonds. The van der Waals surface area contributed by atoms with Gasteiger partial charge in [0.05, 0.1) is 6.10 Å². The van der Waals surface area contributed by atoms with Crippen LogP contribution in [0.25, 0.3) is 0 Å². The summed E-state index contributed by atoms with van der Waals surface area (Å²) in [6, 6.07) is 8.48. The van der Waals surface area contributed by atoms with E-state index in [1.54, 1.807) is 7.11 Å². The number of rotatable bonds is 4. The van der Waals surface area contributed by atoms with Crippen molar-refractivity contribution in [1.82, 2.24) is 5.32 Å². The molecular weight excluding hydrogens is 222 g/mol. The number of halogens is 1. The summed E-state index contributed by atoms with van der Waals surface area (Å²) in [7, 11) is 1.80. The first-order valence-corrected chi connectivity index (χ1v) is 6.18. The first-order valence-electron chi connectivity index (χ1n) is 5.80. The van der Waals surface area contributed by atoms with Crippen LogP contribution in [0, 0.1) is 0 Å². The van der Waals surface area contributed by atoms with Gasteiger partial charge in [0.1, 0.15) is 0 Å². The third-order valence-corrected chi connectivity index (χ3v) is 3.45. The zero-order chi connectivity index (χ0) is 11.4. The van der Waals surface area contributed by atoms with E-state index in [4.69, 9.17) is 16.3 Å². The van der Waals surface area contributed by atoms with E-state index >= 15 is 0 Å². The molecule has 0 aliphatic heterocycles. The highest BCUT2D eigenvalue weighted by Gasteiger charge is 2.26. The summed E-state index contributed by atoms with van der Waals surface area (Å²) >= 11 is 5.94. The standard InChI is InChI=1S/C13H18ClNO/c1-16-13-7-3-6-12(13)15-9-10-4-2-5-11(14)8-10/h2,4-5,8,12-13,15H,3,6-7,9H2,1H3. The number of hydrogen-bond acceptors (Lipinski definition) is 2. The Morgan fingerprint density at radius 3 is 3.06 bits per heavy atom. The van der Waals surface area contributed by atoms with Crippen molar-refractivity contribution in [3.05, 3.63) is 34.9 Å². The molecule has 1 aliphatic carbocycles. The summed E-state index contributed by atoms with van der Waals surface area (Å²) in [6.45, 7) is 0.866. The maximum atomic E-state index is 5.94. The molecule has 0 radical (unpaired) electrons. The van der Waals surface area contributed by atoms with E-state index in [0.717, 1.165) is 11.6 Å². The number of nitrogens with one attached hydrogen (secondary N) is 1. The molecule has 88 valence electrons. The molecule has 0 bridgehead atoms. The van der Waals surface area contributed by atoms with Crippen LogP contribution in [0.5, 0.6) is 0 Å². The summed E-state index contributed by atoms with van der Waals surface area (Å²) in [5, 5.41) is 4.34. The first kappa shape index (κ1) is 11.9. The van der Waals surface area contributed by atoms with Gasteiger partial charge in [0, 0.05) is 24.7 Å². The van der Waals surface area contributed by atoms with Crippen LogP contribution in [0.2, 0.25) is 5.02 Å². The van der Waals surface area contributed by atoms with Crippen LogP contribution in [0.15, 0.2) is 24.3 Å². The van der Waals surface area contributed by atoms with E-state index < -0.39 is 0 Å². The second kappa shape index (κ2) is 5.67. The molecule has 1 saturated carbocycles. The first-order chi connectivity index (χ1) is 7.79. The van der Waals surface area contributed by atoms with E-state index in [0.29, 0.717) is 12.1 Å². The molecule has 0 spiro atoms. The number of ether oxygens (including phenoxy) is 1. The fourth-order valence-electron chi connectivity index (χ4n) is 2.34. The van der Waals surface area contributed by atoms with Crippen LogP contribution in [0.4, 0.5) is 0 Å². The molecule has 0 aromatic heterocycles. The third kappa shape index (κ3) is 2.97. The van der Waals surface area contributed by atoms with Crippen molar-refractivity contribution in [2.45, 2.75) is 38.0 Å². The molecular formula is C13H18ClNO. The molecule has 0 saturated heterocycles. The molecule has 1 aromatic rings. The van der Waals surface area contributed by atoms with Gasteiger partial charge in [-0.3, -0.25) is 0 Å². The monoisotopic (exact) mass is 239 g/mol. The number of hydrogen-bond donors (Lipinski definition) is 1. The lowest BCUT2D eigenvalue weighted by Gasteiger charge is -2.19. The predicted octanol–water partition coefficient (Wildman–Crippen LogP) is 3.00. The Labute approximate surface area is 102 Å². The van der Waals surface area contributed by atoms with E-state index in [9.17, 15) is 0 Å². The van der Waals surface area contributed by atoms with Crippen LogP contribution in [-0.2, 0) is 11.3 Å². The molecule has 1 N–H and O–H groups in total. The molecule has 3 heteroatoms. The topological polar surface area (TPSA) is 21.3 Å². The lowest BCUT2D eigenvalue weighted by molar-refractivity contribution is 0.0847. The molecule has 1 aromatic carbocycles. The average Bonchev–Trinajstić information content (AvgIpc) is 2.74. The molecule has 2 rings (SSSR count). The zero-order valence-electron chi connectivity index (χ0n) is 9.58. The highest BCUT2D eigenvalue weighted by molar-refractivity contribution is 6.30. The molecule has 16 heavy (non-hydrogen) atoms. The lowest BCUT2D eigenvalue weighted by atomic mass is 10.1. The molecule has 1 aliphatic rings. The minimum Gasteiger partial charge on any atom is -0.380 e. The van der Waals surface area contributed by atoms with Gasteiger partial charge in [-0.1, -0.05) is 23.7 Å². The SMILES string of the molecule is COC1CCCC1NCc1cccc(Cl)c1. The fourth-order valence-corrected chi connectivity index (χ4v) is 2.55. The van der Waals surface area contributed by atoms with Gasteiger partial charge in [-0.05, 0) is 37.0 Å². The Bertz CT molecular complexity index is 342. The van der Waals surface area contributed by atoms with Crippen LogP contribution >= 0.6 is 11.6 Å². The lowest BCUT2D eigenvalue weighted by Crippen LogP contribution is -2.36. The smallest absolute Gasteiger partial charge is 0.0724 e. The fraction of sp³-hybridized carbons (Fsp3) is 0.538. The van der Waals surface area contributed by atoms with Crippen LogP contribution in [0.3, 0.4) is 0 Å².